The third kappa shape index (κ3) is 3.92. The van der Waals surface area contributed by atoms with E-state index < -0.39 is 24.0 Å². The third-order valence-electron chi connectivity index (χ3n) is 1.77. The molecule has 0 aromatic carbocycles. The first-order valence-electron chi connectivity index (χ1n) is 4.37. The lowest BCUT2D eigenvalue weighted by Crippen LogP contribution is -2.52. The van der Waals surface area contributed by atoms with Crippen molar-refractivity contribution in [1.29, 1.82) is 0 Å². The molecular weight excluding hydrogens is 237 g/mol. The maximum Gasteiger partial charge on any atom is 0.463 e. The van der Waals surface area contributed by atoms with Gasteiger partial charge in [0.2, 0.25) is 0 Å². The number of hydrogen-bond acceptors (Lipinski definition) is 2. The van der Waals surface area contributed by atoms with E-state index in [1.165, 1.54) is 14.0 Å². The fraction of sp³-hybridized carbons (Fsp3) is 0.875. The van der Waals surface area contributed by atoms with Gasteiger partial charge in [-0.3, -0.25) is 4.79 Å². The molecule has 1 unspecified atom stereocenters. The summed E-state index contributed by atoms with van der Waals surface area (Å²) in [6.45, 7) is 1.46. The number of amides is 1. The highest BCUT2D eigenvalue weighted by Gasteiger charge is 2.63. The standard InChI is InChI=1S/C8H12F5NO2/c1-5(3-4-16-2)14-6(15)7(9,10)8(11,12)13/h5H,3-4H2,1-2H3,(H,14,15). The monoisotopic (exact) mass is 249 g/mol. The van der Waals surface area contributed by atoms with Crippen molar-refractivity contribution in [3.05, 3.63) is 0 Å². The summed E-state index contributed by atoms with van der Waals surface area (Å²) in [5.74, 6) is -7.71. The Morgan fingerprint density at radius 3 is 2.19 bits per heavy atom. The lowest BCUT2D eigenvalue weighted by molar-refractivity contribution is -0.270. The summed E-state index contributed by atoms with van der Waals surface area (Å²) < 4.78 is 64.7. The Kier molecular flexibility index (Phi) is 5.11. The van der Waals surface area contributed by atoms with Crippen molar-refractivity contribution in [3.8, 4) is 0 Å². The average molecular weight is 249 g/mol. The molecule has 0 radical (unpaired) electrons. The Morgan fingerprint density at radius 1 is 1.31 bits per heavy atom. The Hall–Kier alpha value is -0.920. The third-order valence-corrected chi connectivity index (χ3v) is 1.77. The summed E-state index contributed by atoms with van der Waals surface area (Å²) in [5.41, 5.74) is 0. The zero-order valence-electron chi connectivity index (χ0n) is 8.70. The van der Waals surface area contributed by atoms with Gasteiger partial charge in [-0.05, 0) is 13.3 Å². The molecule has 1 N–H and O–H groups in total. The minimum atomic E-state index is -5.88. The normalized spacial score (nSPS) is 14.7. The maximum absolute atomic E-state index is 12.4. The zero-order valence-corrected chi connectivity index (χ0v) is 8.70. The van der Waals surface area contributed by atoms with Crippen molar-refractivity contribution >= 4 is 5.91 Å². The van der Waals surface area contributed by atoms with Crippen molar-refractivity contribution in [2.24, 2.45) is 0 Å². The predicted octanol–water partition coefficient (Wildman–Crippen LogP) is 1.73. The predicted molar refractivity (Wildman–Crippen MR) is 45.1 cm³/mol. The number of nitrogens with one attached hydrogen (secondary N) is 1. The van der Waals surface area contributed by atoms with Gasteiger partial charge in [-0.2, -0.15) is 22.0 Å². The molecule has 0 aliphatic heterocycles. The molecule has 16 heavy (non-hydrogen) atoms. The molecule has 96 valence electrons. The van der Waals surface area contributed by atoms with Gasteiger partial charge >= 0.3 is 18.0 Å². The van der Waals surface area contributed by atoms with Gasteiger partial charge < -0.3 is 10.1 Å². The molecule has 3 nitrogen and oxygen atoms in total. The highest BCUT2D eigenvalue weighted by Crippen LogP contribution is 2.35. The van der Waals surface area contributed by atoms with Crippen LogP contribution in [0.15, 0.2) is 0 Å². The van der Waals surface area contributed by atoms with E-state index >= 15 is 0 Å². The molecule has 0 aliphatic rings. The molecule has 0 aliphatic carbocycles. The fourth-order valence-electron chi connectivity index (χ4n) is 0.810. The van der Waals surface area contributed by atoms with Gasteiger partial charge in [0.1, 0.15) is 0 Å². The van der Waals surface area contributed by atoms with Crippen molar-refractivity contribution in [2.75, 3.05) is 13.7 Å². The second kappa shape index (κ2) is 5.42. The van der Waals surface area contributed by atoms with Gasteiger partial charge in [-0.15, -0.1) is 0 Å². The average Bonchev–Trinajstić information content (AvgIpc) is 2.12. The molecule has 0 bridgehead atoms. The molecule has 1 atom stereocenters. The molecule has 0 heterocycles. The summed E-state index contributed by atoms with van der Waals surface area (Å²) in [5, 5.41) is 1.57. The number of alkyl halides is 5. The van der Waals surface area contributed by atoms with E-state index in [2.05, 4.69) is 4.74 Å². The molecule has 0 saturated heterocycles. The Labute approximate surface area is 88.9 Å². The quantitative estimate of drug-likeness (QED) is 0.753. The molecule has 0 spiro atoms. The highest BCUT2D eigenvalue weighted by molar-refractivity contribution is 5.84. The van der Waals surface area contributed by atoms with Crippen LogP contribution in [0.25, 0.3) is 0 Å². The van der Waals surface area contributed by atoms with Crippen LogP contribution in [0.3, 0.4) is 0 Å². The largest absolute Gasteiger partial charge is 0.463 e. The second-order valence-corrected chi connectivity index (χ2v) is 3.23. The van der Waals surface area contributed by atoms with Crippen LogP contribution in [0.1, 0.15) is 13.3 Å². The second-order valence-electron chi connectivity index (χ2n) is 3.23. The van der Waals surface area contributed by atoms with Crippen molar-refractivity contribution in [1.82, 2.24) is 5.32 Å². The van der Waals surface area contributed by atoms with Crippen LogP contribution in [0.4, 0.5) is 22.0 Å². The van der Waals surface area contributed by atoms with Gasteiger partial charge in [-0.1, -0.05) is 0 Å². The van der Waals surface area contributed by atoms with Crippen LogP contribution in [0.5, 0.6) is 0 Å². The molecule has 0 aromatic heterocycles. The molecule has 0 fully saturated rings. The van der Waals surface area contributed by atoms with Crippen molar-refractivity contribution in [3.63, 3.8) is 0 Å². The summed E-state index contributed by atoms with van der Waals surface area (Å²) in [6, 6.07) is -0.819. The van der Waals surface area contributed by atoms with Crippen molar-refractivity contribution in [2.45, 2.75) is 31.5 Å². The summed E-state index contributed by atoms with van der Waals surface area (Å²) in [7, 11) is 1.35. The first kappa shape index (κ1) is 15.1. The number of halogens is 5. The SMILES string of the molecule is COCCC(C)NC(=O)C(F)(F)C(F)(F)F. The number of ether oxygens (including phenoxy) is 1. The lowest BCUT2D eigenvalue weighted by Gasteiger charge is -2.21. The zero-order chi connectivity index (χ0) is 13.0. The fourth-order valence-corrected chi connectivity index (χ4v) is 0.810. The van der Waals surface area contributed by atoms with E-state index in [-0.39, 0.29) is 13.0 Å². The van der Waals surface area contributed by atoms with Crippen LogP contribution in [-0.4, -0.2) is 37.8 Å². The number of carbonyl (C=O) groups is 1. The van der Waals surface area contributed by atoms with E-state index in [0.717, 1.165) is 0 Å². The van der Waals surface area contributed by atoms with Gasteiger partial charge in [0.05, 0.1) is 0 Å². The Bertz CT molecular complexity index is 241. The number of carbonyl (C=O) groups excluding carboxylic acids is 1. The van der Waals surface area contributed by atoms with Crippen LogP contribution < -0.4 is 5.32 Å². The Morgan fingerprint density at radius 2 is 1.81 bits per heavy atom. The minimum absolute atomic E-state index is 0.149. The lowest BCUT2D eigenvalue weighted by atomic mass is 10.2. The van der Waals surface area contributed by atoms with E-state index in [1.54, 1.807) is 5.32 Å². The summed E-state index contributed by atoms with van der Waals surface area (Å²) in [6.07, 6.45) is -5.73. The van der Waals surface area contributed by atoms with Crippen LogP contribution in [0, 0.1) is 0 Å². The highest BCUT2D eigenvalue weighted by atomic mass is 19.4. The number of methoxy groups -OCH3 is 1. The van der Waals surface area contributed by atoms with E-state index in [0.29, 0.717) is 0 Å². The first-order valence-corrected chi connectivity index (χ1v) is 4.37. The van der Waals surface area contributed by atoms with E-state index in [1.807, 2.05) is 0 Å². The maximum atomic E-state index is 12.4. The molecule has 0 saturated carbocycles. The topological polar surface area (TPSA) is 38.3 Å². The smallest absolute Gasteiger partial charge is 0.385 e. The van der Waals surface area contributed by atoms with Gasteiger partial charge in [0.15, 0.2) is 0 Å². The summed E-state index contributed by atoms with van der Waals surface area (Å²) >= 11 is 0. The van der Waals surface area contributed by atoms with Crippen LogP contribution >= 0.6 is 0 Å². The van der Waals surface area contributed by atoms with Crippen LogP contribution in [-0.2, 0) is 9.53 Å². The van der Waals surface area contributed by atoms with E-state index in [9.17, 15) is 26.7 Å². The molecule has 0 rings (SSSR count). The molecule has 0 aromatic rings. The summed E-state index contributed by atoms with van der Waals surface area (Å²) in [4.78, 5) is 10.7. The molecular formula is C8H12F5NO2. The Balaban J connectivity index is 4.35. The van der Waals surface area contributed by atoms with Crippen molar-refractivity contribution < 1.29 is 31.5 Å². The van der Waals surface area contributed by atoms with Gasteiger partial charge in [0.25, 0.3) is 0 Å². The van der Waals surface area contributed by atoms with E-state index in [4.69, 9.17) is 0 Å². The number of hydrogen-bond donors (Lipinski definition) is 1. The van der Waals surface area contributed by atoms with Gasteiger partial charge in [-0.25, -0.2) is 0 Å². The first-order chi connectivity index (χ1) is 7.13. The number of rotatable bonds is 5. The molecule has 1 amide bonds. The minimum Gasteiger partial charge on any atom is -0.385 e. The van der Waals surface area contributed by atoms with Gasteiger partial charge in [0, 0.05) is 19.8 Å². The van der Waals surface area contributed by atoms with Crippen LogP contribution in [0.2, 0.25) is 0 Å². The molecule has 8 heteroatoms.